The van der Waals surface area contributed by atoms with Crippen LogP contribution in [0, 0.1) is 5.82 Å². The Labute approximate surface area is 261 Å². The second-order valence-corrected chi connectivity index (χ2v) is 11.9. The third-order valence-corrected chi connectivity index (χ3v) is 8.46. The molecule has 19 heteroatoms. The standard InChI is InChI=1S/C27H22ClF7N6O4S/c28-22-11-18(27(33,34)35)14-37-24(22)36-9-10-41(46(43,44)21-7-5-19(29)6-8-21)15-20-12-23(40-45-20)25(42)39-38-13-16-1-3-17(4-2-16)26(30,31)32/h1-8,11,13-14,20H,9-10,12,15H2,(H,36,37)(H,39,42). The highest BCUT2D eigenvalue weighted by molar-refractivity contribution is 7.89. The van der Waals surface area contributed by atoms with E-state index >= 15 is 0 Å². The predicted octanol–water partition coefficient (Wildman–Crippen LogP) is 5.31. The molecule has 1 aliphatic heterocycles. The largest absolute Gasteiger partial charge is 0.417 e. The van der Waals surface area contributed by atoms with Crippen LogP contribution >= 0.6 is 11.6 Å². The number of carbonyl (C=O) groups excluding carboxylic acids is 1. The Morgan fingerprint density at radius 1 is 1.04 bits per heavy atom. The van der Waals surface area contributed by atoms with E-state index in [1.165, 1.54) is 0 Å². The third kappa shape index (κ3) is 8.91. The number of sulfonamides is 1. The summed E-state index contributed by atoms with van der Waals surface area (Å²) in [5, 5.41) is 9.66. The molecule has 1 aromatic heterocycles. The number of hydrogen-bond donors (Lipinski definition) is 2. The van der Waals surface area contributed by atoms with Crippen molar-refractivity contribution >= 4 is 45.3 Å². The number of pyridine rings is 1. The zero-order chi connectivity index (χ0) is 33.7. The molecule has 2 aromatic carbocycles. The molecule has 2 heterocycles. The molecule has 3 aromatic rings. The molecule has 1 atom stereocenters. The SMILES string of the molecule is O=C(NN=Cc1ccc(C(F)(F)F)cc1)C1=NOC(CN(CCNc2ncc(C(F)(F)F)cc2Cl)S(=O)(=O)c2ccc(F)cc2)C1. The minimum Gasteiger partial charge on any atom is -0.390 e. The maximum absolute atomic E-state index is 13.5. The maximum Gasteiger partial charge on any atom is 0.417 e. The lowest BCUT2D eigenvalue weighted by atomic mass is 10.1. The summed E-state index contributed by atoms with van der Waals surface area (Å²) in [6.45, 7) is -0.833. The number of amides is 1. The molecule has 0 radical (unpaired) electrons. The number of hydrazone groups is 1. The molecular weight excluding hydrogens is 673 g/mol. The maximum atomic E-state index is 13.5. The van der Waals surface area contributed by atoms with Gasteiger partial charge in [0.05, 0.1) is 33.8 Å². The van der Waals surface area contributed by atoms with Crippen LogP contribution in [0.1, 0.15) is 23.1 Å². The molecule has 0 saturated carbocycles. The van der Waals surface area contributed by atoms with E-state index in [1.54, 1.807) is 0 Å². The highest BCUT2D eigenvalue weighted by atomic mass is 35.5. The fourth-order valence-corrected chi connectivity index (χ4v) is 5.67. The average Bonchev–Trinajstić information content (AvgIpc) is 3.46. The third-order valence-electron chi connectivity index (χ3n) is 6.29. The minimum atomic E-state index is -4.67. The van der Waals surface area contributed by atoms with Crippen molar-refractivity contribution in [1.29, 1.82) is 0 Å². The Bertz CT molecular complexity index is 1720. The lowest BCUT2D eigenvalue weighted by molar-refractivity contribution is -0.138. The van der Waals surface area contributed by atoms with Gasteiger partial charge in [-0.15, -0.1) is 0 Å². The van der Waals surface area contributed by atoms with E-state index in [1.807, 2.05) is 0 Å². The van der Waals surface area contributed by atoms with Crippen molar-refractivity contribution < 1.29 is 48.8 Å². The zero-order valence-corrected chi connectivity index (χ0v) is 24.7. The molecule has 1 amide bonds. The molecule has 0 fully saturated rings. The van der Waals surface area contributed by atoms with Gasteiger partial charge in [-0.25, -0.2) is 23.2 Å². The first-order valence-electron chi connectivity index (χ1n) is 13.0. The number of rotatable bonds is 11. The summed E-state index contributed by atoms with van der Waals surface area (Å²) < 4.78 is 118. The second-order valence-electron chi connectivity index (χ2n) is 9.58. The van der Waals surface area contributed by atoms with Crippen molar-refractivity contribution in [2.75, 3.05) is 25.0 Å². The molecule has 1 aliphatic rings. The molecule has 0 spiro atoms. The van der Waals surface area contributed by atoms with E-state index in [4.69, 9.17) is 16.4 Å². The summed E-state index contributed by atoms with van der Waals surface area (Å²) in [6.07, 6.45) is -8.66. The smallest absolute Gasteiger partial charge is 0.390 e. The number of nitrogens with one attached hydrogen (secondary N) is 2. The van der Waals surface area contributed by atoms with E-state index < -0.39 is 51.3 Å². The monoisotopic (exact) mass is 694 g/mol. The number of anilines is 1. The number of nitrogens with zero attached hydrogens (tertiary/aromatic N) is 4. The van der Waals surface area contributed by atoms with Crippen LogP contribution in [0.5, 0.6) is 0 Å². The van der Waals surface area contributed by atoms with Gasteiger partial charge in [0.25, 0.3) is 5.91 Å². The zero-order valence-electron chi connectivity index (χ0n) is 23.1. The highest BCUT2D eigenvalue weighted by Gasteiger charge is 2.34. The summed E-state index contributed by atoms with van der Waals surface area (Å²) in [5.41, 5.74) is 0.323. The van der Waals surface area contributed by atoms with Gasteiger partial charge >= 0.3 is 12.4 Å². The lowest BCUT2D eigenvalue weighted by Gasteiger charge is -2.24. The number of carbonyl (C=O) groups is 1. The van der Waals surface area contributed by atoms with Gasteiger partial charge in [0.2, 0.25) is 10.0 Å². The molecule has 46 heavy (non-hydrogen) atoms. The van der Waals surface area contributed by atoms with Gasteiger partial charge in [-0.2, -0.15) is 35.7 Å². The number of benzene rings is 2. The van der Waals surface area contributed by atoms with Gasteiger partial charge in [-0.1, -0.05) is 28.9 Å². The predicted molar refractivity (Wildman–Crippen MR) is 152 cm³/mol. The fraction of sp³-hybridized carbons (Fsp3) is 0.259. The fourth-order valence-electron chi connectivity index (χ4n) is 3.96. The molecule has 0 bridgehead atoms. The molecule has 246 valence electrons. The first-order valence-corrected chi connectivity index (χ1v) is 14.8. The van der Waals surface area contributed by atoms with E-state index in [-0.39, 0.29) is 53.1 Å². The van der Waals surface area contributed by atoms with Crippen molar-refractivity contribution in [3.8, 4) is 0 Å². The van der Waals surface area contributed by atoms with Crippen LogP contribution < -0.4 is 10.7 Å². The van der Waals surface area contributed by atoms with E-state index in [9.17, 15) is 43.9 Å². The van der Waals surface area contributed by atoms with E-state index in [2.05, 4.69) is 26.0 Å². The molecule has 4 rings (SSSR count). The van der Waals surface area contributed by atoms with Crippen molar-refractivity contribution in [1.82, 2.24) is 14.7 Å². The van der Waals surface area contributed by atoms with Crippen molar-refractivity contribution in [3.05, 3.63) is 88.3 Å². The summed E-state index contributed by atoms with van der Waals surface area (Å²) >= 11 is 5.91. The van der Waals surface area contributed by atoms with E-state index in [0.29, 0.717) is 12.3 Å². The van der Waals surface area contributed by atoms with Crippen LogP contribution in [0.2, 0.25) is 5.02 Å². The van der Waals surface area contributed by atoms with Crippen LogP contribution in [-0.4, -0.2) is 61.3 Å². The normalized spacial score (nSPS) is 15.6. The molecular formula is C27H22ClF7N6O4S. The van der Waals surface area contributed by atoms with Gasteiger partial charge < -0.3 is 10.2 Å². The van der Waals surface area contributed by atoms with E-state index in [0.717, 1.165) is 59.1 Å². The van der Waals surface area contributed by atoms with Crippen molar-refractivity contribution in [2.24, 2.45) is 10.3 Å². The number of hydrogen-bond acceptors (Lipinski definition) is 8. The second kappa shape index (κ2) is 14.0. The minimum absolute atomic E-state index is 0.134. The Hall–Kier alpha value is -4.29. The molecule has 2 N–H and O–H groups in total. The Morgan fingerprint density at radius 3 is 2.30 bits per heavy atom. The summed E-state index contributed by atoms with van der Waals surface area (Å²) in [4.78, 5) is 21.1. The summed E-state index contributed by atoms with van der Waals surface area (Å²) in [7, 11) is -4.29. The van der Waals surface area contributed by atoms with Crippen LogP contribution in [0.25, 0.3) is 0 Å². The van der Waals surface area contributed by atoms with Gasteiger partial charge in [-0.05, 0) is 48.0 Å². The number of halogens is 8. The molecule has 1 unspecified atom stereocenters. The van der Waals surface area contributed by atoms with Gasteiger partial charge in [-0.3, -0.25) is 4.79 Å². The molecule has 10 nitrogen and oxygen atoms in total. The van der Waals surface area contributed by atoms with Crippen LogP contribution in [0.3, 0.4) is 0 Å². The van der Waals surface area contributed by atoms with Gasteiger partial charge in [0.1, 0.15) is 23.5 Å². The molecule has 0 aliphatic carbocycles. The summed E-state index contributed by atoms with van der Waals surface area (Å²) in [5.74, 6) is -1.63. The quantitative estimate of drug-likeness (QED) is 0.159. The first kappa shape index (κ1) is 34.6. The topological polar surface area (TPSA) is 125 Å². The molecule has 0 saturated heterocycles. The Kier molecular flexibility index (Phi) is 10.5. The number of oxime groups is 1. The van der Waals surface area contributed by atoms with Crippen molar-refractivity contribution in [3.63, 3.8) is 0 Å². The number of alkyl halides is 6. The van der Waals surface area contributed by atoms with Gasteiger partial charge in [0, 0.05) is 25.7 Å². The van der Waals surface area contributed by atoms with Crippen LogP contribution in [-0.2, 0) is 32.0 Å². The van der Waals surface area contributed by atoms with Crippen LogP contribution in [0.4, 0.5) is 36.6 Å². The summed E-state index contributed by atoms with van der Waals surface area (Å²) in [6, 6.07) is 8.62. The first-order chi connectivity index (χ1) is 21.5. The highest BCUT2D eigenvalue weighted by Crippen LogP contribution is 2.32. The van der Waals surface area contributed by atoms with Crippen LogP contribution in [0.15, 0.2) is 75.9 Å². The van der Waals surface area contributed by atoms with Crippen molar-refractivity contribution in [2.45, 2.75) is 29.8 Å². The average molecular weight is 695 g/mol. The Balaban J connectivity index is 1.39. The Morgan fingerprint density at radius 2 is 1.70 bits per heavy atom. The lowest BCUT2D eigenvalue weighted by Crippen LogP contribution is -2.41. The number of aromatic nitrogens is 1. The van der Waals surface area contributed by atoms with Gasteiger partial charge in [0.15, 0.2) is 0 Å².